The molecule has 0 aliphatic carbocycles. The van der Waals surface area contributed by atoms with Crippen molar-refractivity contribution in [2.24, 2.45) is 0 Å². The second kappa shape index (κ2) is 5.48. The molecule has 0 fully saturated rings. The molecule has 0 aliphatic rings. The maximum absolute atomic E-state index is 13.8. The topological polar surface area (TPSA) is 57.9 Å². The van der Waals surface area contributed by atoms with E-state index in [2.05, 4.69) is 4.98 Å². The van der Waals surface area contributed by atoms with Crippen LogP contribution in [0.4, 0.5) is 22.4 Å². The van der Waals surface area contributed by atoms with Crippen LogP contribution < -0.4 is 5.11 Å². The molecule has 0 bridgehead atoms. The fraction of sp³-hybridized carbons (Fsp3) is 0.0667. The van der Waals surface area contributed by atoms with E-state index in [1.807, 2.05) is 0 Å². The number of hydrogen-bond donors (Lipinski definition) is 0. The van der Waals surface area contributed by atoms with Gasteiger partial charge in [-0.25, -0.2) is 9.37 Å². The zero-order chi connectivity index (χ0) is 17.6. The molecule has 124 valence electrons. The molecule has 3 aromatic rings. The summed E-state index contributed by atoms with van der Waals surface area (Å²) in [6, 6.07) is 6.56. The Morgan fingerprint density at radius 3 is 2.54 bits per heavy atom. The summed E-state index contributed by atoms with van der Waals surface area (Å²) in [7, 11) is 0. The van der Waals surface area contributed by atoms with Gasteiger partial charge >= 0.3 is 6.18 Å². The third-order valence-corrected chi connectivity index (χ3v) is 3.58. The Morgan fingerprint density at radius 2 is 1.92 bits per heavy atom. The molecule has 4 nitrogen and oxygen atoms in total. The van der Waals surface area contributed by atoms with Crippen molar-refractivity contribution in [3.05, 3.63) is 52.9 Å². The smallest absolute Gasteiger partial charge is 0.419 e. The van der Waals surface area contributed by atoms with Crippen molar-refractivity contribution in [2.45, 2.75) is 6.18 Å². The predicted octanol–water partition coefficient (Wildman–Crippen LogP) is 3.71. The summed E-state index contributed by atoms with van der Waals surface area (Å²) < 4.78 is 53.8. The maximum atomic E-state index is 13.8. The van der Waals surface area contributed by atoms with E-state index in [-0.39, 0.29) is 16.2 Å². The summed E-state index contributed by atoms with van der Waals surface area (Å²) >= 11 is 5.70. The summed E-state index contributed by atoms with van der Waals surface area (Å²) in [5.41, 5.74) is -2.82. The fourth-order valence-electron chi connectivity index (χ4n) is 2.46. The van der Waals surface area contributed by atoms with Crippen LogP contribution in [0.1, 0.15) is 5.56 Å². The summed E-state index contributed by atoms with van der Waals surface area (Å²) in [5.74, 6) is -1.51. The van der Waals surface area contributed by atoms with Crippen LogP contribution in [0.15, 0.2) is 36.4 Å². The number of carboxylic acid groups (broad SMARTS) is 1. The van der Waals surface area contributed by atoms with Gasteiger partial charge in [-0.3, -0.25) is 4.57 Å². The van der Waals surface area contributed by atoms with Gasteiger partial charge in [0.25, 0.3) is 0 Å². The number of carbonyl (C=O) groups excluding carboxylic acids is 1. The van der Waals surface area contributed by atoms with Gasteiger partial charge in [0.2, 0.25) is 0 Å². The van der Waals surface area contributed by atoms with Gasteiger partial charge in [-0.1, -0.05) is 23.7 Å². The van der Waals surface area contributed by atoms with E-state index in [9.17, 15) is 27.5 Å². The van der Waals surface area contributed by atoms with Crippen molar-refractivity contribution in [1.29, 1.82) is 0 Å². The van der Waals surface area contributed by atoms with Crippen LogP contribution in [0.2, 0.25) is 5.15 Å². The van der Waals surface area contributed by atoms with Crippen LogP contribution in [0.3, 0.4) is 0 Å². The molecule has 0 saturated heterocycles. The van der Waals surface area contributed by atoms with E-state index in [4.69, 9.17) is 11.6 Å². The highest BCUT2D eigenvalue weighted by atomic mass is 35.5. The number of fused-ring (bicyclic) bond motifs is 1. The molecule has 3 rings (SSSR count). The number of pyridine rings is 1. The average Bonchev–Trinajstić information content (AvgIpc) is 2.84. The van der Waals surface area contributed by atoms with Gasteiger partial charge in [0, 0.05) is 10.9 Å². The van der Waals surface area contributed by atoms with Crippen LogP contribution >= 0.6 is 11.6 Å². The predicted molar refractivity (Wildman–Crippen MR) is 75.9 cm³/mol. The molecular formula is C15H6ClF4N2O2-. The van der Waals surface area contributed by atoms with Crippen LogP contribution in [0.25, 0.3) is 22.3 Å². The number of nitrogens with zero attached hydrogens (tertiary/aromatic N) is 2. The zero-order valence-electron chi connectivity index (χ0n) is 11.6. The molecule has 0 spiro atoms. The Hall–Kier alpha value is -2.61. The van der Waals surface area contributed by atoms with Crippen molar-refractivity contribution in [1.82, 2.24) is 9.55 Å². The van der Waals surface area contributed by atoms with Crippen LogP contribution in [-0.2, 0) is 6.18 Å². The van der Waals surface area contributed by atoms with Gasteiger partial charge in [-0.2, -0.15) is 13.2 Å². The first-order chi connectivity index (χ1) is 11.2. The second-order valence-electron chi connectivity index (χ2n) is 4.84. The lowest BCUT2D eigenvalue weighted by atomic mass is 10.0. The number of carbonyl (C=O) groups is 1. The molecule has 2 aromatic heterocycles. The zero-order valence-corrected chi connectivity index (χ0v) is 12.3. The Kier molecular flexibility index (Phi) is 3.71. The monoisotopic (exact) mass is 357 g/mol. The maximum Gasteiger partial charge on any atom is 0.419 e. The molecule has 1 aromatic carbocycles. The summed E-state index contributed by atoms with van der Waals surface area (Å²) in [5, 5.41) is 11.6. The average molecular weight is 358 g/mol. The lowest BCUT2D eigenvalue weighted by Gasteiger charge is -2.16. The van der Waals surface area contributed by atoms with Gasteiger partial charge in [0.15, 0.2) is 0 Å². The lowest BCUT2D eigenvalue weighted by Crippen LogP contribution is -2.29. The summed E-state index contributed by atoms with van der Waals surface area (Å²) in [6.45, 7) is 0. The number of rotatable bonds is 1. The minimum absolute atomic E-state index is 0.0510. The van der Waals surface area contributed by atoms with Crippen molar-refractivity contribution >= 4 is 28.7 Å². The highest BCUT2D eigenvalue weighted by molar-refractivity contribution is 6.29. The lowest BCUT2D eigenvalue weighted by molar-refractivity contribution is -0.249. The van der Waals surface area contributed by atoms with Gasteiger partial charge in [0.1, 0.15) is 28.3 Å². The van der Waals surface area contributed by atoms with E-state index in [0.29, 0.717) is 10.6 Å². The van der Waals surface area contributed by atoms with Crippen molar-refractivity contribution in [2.75, 3.05) is 0 Å². The van der Waals surface area contributed by atoms with Gasteiger partial charge in [0.05, 0.1) is 5.69 Å². The summed E-state index contributed by atoms with van der Waals surface area (Å²) in [6.07, 6.45) is -6.83. The number of aromatic nitrogens is 2. The Bertz CT molecular complexity index is 966. The normalized spacial score (nSPS) is 11.9. The Labute approximate surface area is 136 Å². The van der Waals surface area contributed by atoms with E-state index < -0.39 is 34.9 Å². The van der Waals surface area contributed by atoms with E-state index >= 15 is 0 Å². The number of halogens is 5. The van der Waals surface area contributed by atoms with E-state index in [1.165, 1.54) is 12.1 Å². The molecule has 2 heterocycles. The van der Waals surface area contributed by atoms with Gasteiger partial charge in [-0.05, 0) is 24.3 Å². The summed E-state index contributed by atoms with van der Waals surface area (Å²) in [4.78, 5) is 15.2. The fourth-order valence-corrected chi connectivity index (χ4v) is 2.61. The molecule has 0 aliphatic heterocycles. The van der Waals surface area contributed by atoms with Gasteiger partial charge in [-0.15, -0.1) is 0 Å². The van der Waals surface area contributed by atoms with Crippen LogP contribution in [-0.4, -0.2) is 15.6 Å². The quantitative estimate of drug-likeness (QED) is 0.493. The molecular weight excluding hydrogens is 352 g/mol. The van der Waals surface area contributed by atoms with Crippen molar-refractivity contribution in [3.8, 4) is 11.3 Å². The molecule has 0 N–H and O–H groups in total. The number of alkyl halides is 3. The molecule has 9 heteroatoms. The Morgan fingerprint density at radius 1 is 1.21 bits per heavy atom. The molecule has 0 amide bonds. The first-order valence-corrected chi connectivity index (χ1v) is 6.83. The number of hydrogen-bond acceptors (Lipinski definition) is 3. The highest BCUT2D eigenvalue weighted by Crippen LogP contribution is 2.40. The highest BCUT2D eigenvalue weighted by Gasteiger charge is 2.38. The molecule has 24 heavy (non-hydrogen) atoms. The third kappa shape index (κ3) is 2.58. The Balaban J connectivity index is 2.42. The standard InChI is InChI=1S/C15H7ClF4N2O2/c16-11-5-4-7-6-10(22(14(23)24)13(7)21-11)8-2-1-3-9(17)12(8)15(18,19)20/h1-6H,(H,23,24)/p-1. The third-order valence-electron chi connectivity index (χ3n) is 3.37. The second-order valence-corrected chi connectivity index (χ2v) is 5.23. The molecule has 0 radical (unpaired) electrons. The molecule has 0 atom stereocenters. The molecule has 0 saturated carbocycles. The largest absolute Gasteiger partial charge is 0.529 e. The van der Waals surface area contributed by atoms with Crippen LogP contribution in [0.5, 0.6) is 0 Å². The first kappa shape index (κ1) is 16.3. The van der Waals surface area contributed by atoms with E-state index in [0.717, 1.165) is 18.2 Å². The minimum Gasteiger partial charge on any atom is -0.529 e. The SMILES string of the molecule is O=C([O-])n1c(-c2cccc(F)c2C(F)(F)F)cc2ccc(Cl)nc21. The number of benzene rings is 1. The van der Waals surface area contributed by atoms with Crippen molar-refractivity contribution in [3.63, 3.8) is 0 Å². The van der Waals surface area contributed by atoms with Crippen LogP contribution in [0, 0.1) is 5.82 Å². The first-order valence-electron chi connectivity index (χ1n) is 6.45. The molecule has 0 unspecified atom stereocenters. The van der Waals surface area contributed by atoms with Crippen molar-refractivity contribution < 1.29 is 27.5 Å². The minimum atomic E-state index is -5.01. The van der Waals surface area contributed by atoms with Gasteiger partial charge < -0.3 is 9.90 Å². The van der Waals surface area contributed by atoms with E-state index in [1.54, 1.807) is 0 Å².